The Balaban J connectivity index is 1.40. The minimum Gasteiger partial charge on any atom is -0.487 e. The fourth-order valence-corrected chi connectivity index (χ4v) is 4.43. The molecule has 0 spiro atoms. The molecule has 9 nitrogen and oxygen atoms in total. The summed E-state index contributed by atoms with van der Waals surface area (Å²) in [6.45, 7) is 3.72. The Hall–Kier alpha value is -4.50. The molecule has 1 aliphatic carbocycles. The fourth-order valence-electron chi connectivity index (χ4n) is 4.43. The second-order valence-corrected chi connectivity index (χ2v) is 10.0. The van der Waals surface area contributed by atoms with Gasteiger partial charge in [-0.25, -0.2) is 4.68 Å². The van der Waals surface area contributed by atoms with Gasteiger partial charge in [-0.1, -0.05) is 65.9 Å². The molecule has 1 aromatic heterocycles. The summed E-state index contributed by atoms with van der Waals surface area (Å²) < 4.78 is 13.8. The molecule has 0 bridgehead atoms. The first-order valence-corrected chi connectivity index (χ1v) is 14.1. The van der Waals surface area contributed by atoms with E-state index in [1.807, 2.05) is 67.6 Å². The lowest BCUT2D eigenvalue weighted by molar-refractivity contribution is 0.0939. The van der Waals surface area contributed by atoms with Crippen LogP contribution in [-0.2, 0) is 24.4 Å². The molecular formula is C32H35N5O4. The topological polar surface area (TPSA) is 107 Å². The standard InChI is InChI=1S/C32H35N5O4/c1-2-33-31(38)25-15-18-27(29(20-25)41-22-24-12-7-4-8-13-24)37-28(30(35-36-37)32(39)34-26-16-17-26)14-9-19-40-21-23-10-5-3-6-11-23/h3-8,10-13,15,18,20,26H,2,9,14,16-17,19,21-22H2,1H3,(H,33,38)(H,34,39). The summed E-state index contributed by atoms with van der Waals surface area (Å²) in [5.74, 6) is 0.0466. The van der Waals surface area contributed by atoms with E-state index >= 15 is 0 Å². The highest BCUT2D eigenvalue weighted by Crippen LogP contribution is 2.28. The first-order chi connectivity index (χ1) is 20.1. The zero-order chi connectivity index (χ0) is 28.4. The summed E-state index contributed by atoms with van der Waals surface area (Å²) in [7, 11) is 0. The fraction of sp³-hybridized carbons (Fsp3) is 0.312. The van der Waals surface area contributed by atoms with Gasteiger partial charge in [0, 0.05) is 24.8 Å². The minimum absolute atomic E-state index is 0.191. The Labute approximate surface area is 239 Å². The van der Waals surface area contributed by atoms with E-state index in [1.54, 1.807) is 22.9 Å². The first-order valence-electron chi connectivity index (χ1n) is 14.1. The molecule has 0 saturated heterocycles. The quantitative estimate of drug-likeness (QED) is 0.220. The Bertz CT molecular complexity index is 1450. The molecule has 0 radical (unpaired) electrons. The van der Waals surface area contributed by atoms with Crippen LogP contribution in [0.15, 0.2) is 78.9 Å². The smallest absolute Gasteiger partial charge is 0.273 e. The number of nitrogens with one attached hydrogen (secondary N) is 2. The van der Waals surface area contributed by atoms with Crippen LogP contribution in [0.25, 0.3) is 5.69 Å². The monoisotopic (exact) mass is 553 g/mol. The molecule has 9 heteroatoms. The number of aromatic nitrogens is 3. The van der Waals surface area contributed by atoms with Gasteiger partial charge in [-0.2, -0.15) is 0 Å². The van der Waals surface area contributed by atoms with E-state index in [4.69, 9.17) is 9.47 Å². The van der Waals surface area contributed by atoms with Crippen molar-refractivity contribution in [2.45, 2.75) is 51.9 Å². The highest BCUT2D eigenvalue weighted by atomic mass is 16.5. The van der Waals surface area contributed by atoms with Gasteiger partial charge in [-0.15, -0.1) is 5.10 Å². The summed E-state index contributed by atoms with van der Waals surface area (Å²) in [6.07, 6.45) is 3.13. The second-order valence-electron chi connectivity index (χ2n) is 10.0. The molecule has 3 aromatic carbocycles. The Morgan fingerprint density at radius 2 is 1.63 bits per heavy atom. The number of ether oxygens (including phenoxy) is 2. The Morgan fingerprint density at radius 1 is 0.927 bits per heavy atom. The summed E-state index contributed by atoms with van der Waals surface area (Å²) in [4.78, 5) is 25.7. The third-order valence-electron chi connectivity index (χ3n) is 6.73. The van der Waals surface area contributed by atoms with E-state index in [0.717, 1.165) is 24.0 Å². The zero-order valence-corrected chi connectivity index (χ0v) is 23.2. The van der Waals surface area contributed by atoms with E-state index in [2.05, 4.69) is 20.9 Å². The summed E-state index contributed by atoms with van der Waals surface area (Å²) in [5, 5.41) is 14.5. The molecule has 1 fully saturated rings. The van der Waals surface area contributed by atoms with Gasteiger partial charge in [0.2, 0.25) is 0 Å². The van der Waals surface area contributed by atoms with E-state index in [-0.39, 0.29) is 17.9 Å². The van der Waals surface area contributed by atoms with Crippen LogP contribution in [-0.4, -0.2) is 46.0 Å². The molecule has 5 rings (SSSR count). The Kier molecular flexibility index (Phi) is 9.38. The van der Waals surface area contributed by atoms with Crippen molar-refractivity contribution in [2.75, 3.05) is 13.2 Å². The predicted molar refractivity (Wildman–Crippen MR) is 155 cm³/mol. The van der Waals surface area contributed by atoms with Gasteiger partial charge in [0.25, 0.3) is 11.8 Å². The number of carbonyl (C=O) groups is 2. The molecule has 2 amide bonds. The minimum atomic E-state index is -0.232. The van der Waals surface area contributed by atoms with E-state index in [9.17, 15) is 9.59 Å². The van der Waals surface area contributed by atoms with Gasteiger partial charge >= 0.3 is 0 Å². The van der Waals surface area contributed by atoms with Crippen LogP contribution in [0.1, 0.15) is 63.9 Å². The normalized spacial score (nSPS) is 12.6. The van der Waals surface area contributed by atoms with E-state index in [1.165, 1.54) is 0 Å². The molecule has 41 heavy (non-hydrogen) atoms. The highest BCUT2D eigenvalue weighted by molar-refractivity contribution is 5.95. The maximum Gasteiger partial charge on any atom is 0.273 e. The van der Waals surface area contributed by atoms with Crippen molar-refractivity contribution < 1.29 is 19.1 Å². The van der Waals surface area contributed by atoms with E-state index < -0.39 is 0 Å². The largest absolute Gasteiger partial charge is 0.487 e. The summed E-state index contributed by atoms with van der Waals surface area (Å²) in [5.41, 5.74) is 4.13. The lowest BCUT2D eigenvalue weighted by Crippen LogP contribution is -2.27. The molecule has 2 N–H and O–H groups in total. The van der Waals surface area contributed by atoms with E-state index in [0.29, 0.717) is 67.6 Å². The van der Waals surface area contributed by atoms with Crippen LogP contribution in [0.3, 0.4) is 0 Å². The van der Waals surface area contributed by atoms with Crippen LogP contribution in [0.5, 0.6) is 5.75 Å². The molecule has 0 aliphatic heterocycles. The molecule has 0 atom stereocenters. The van der Waals surface area contributed by atoms with Crippen molar-refractivity contribution in [3.63, 3.8) is 0 Å². The molecule has 1 aliphatic rings. The van der Waals surface area contributed by atoms with Crippen molar-refractivity contribution >= 4 is 11.8 Å². The van der Waals surface area contributed by atoms with Gasteiger partial charge < -0.3 is 20.1 Å². The van der Waals surface area contributed by atoms with Crippen molar-refractivity contribution in [2.24, 2.45) is 0 Å². The number of benzene rings is 3. The third kappa shape index (κ3) is 7.58. The van der Waals surface area contributed by atoms with Gasteiger partial charge in [0.15, 0.2) is 5.69 Å². The number of nitrogens with zero attached hydrogens (tertiary/aromatic N) is 3. The summed E-state index contributed by atoms with van der Waals surface area (Å²) >= 11 is 0. The molecule has 0 unspecified atom stereocenters. The average Bonchev–Trinajstić information content (AvgIpc) is 3.72. The number of hydrogen-bond donors (Lipinski definition) is 2. The second kappa shape index (κ2) is 13.7. The van der Waals surface area contributed by atoms with Crippen LogP contribution in [0.4, 0.5) is 0 Å². The van der Waals surface area contributed by atoms with Crippen LogP contribution in [0.2, 0.25) is 0 Å². The molecule has 4 aromatic rings. The molecular weight excluding hydrogens is 518 g/mol. The van der Waals surface area contributed by atoms with Crippen molar-refractivity contribution in [3.8, 4) is 11.4 Å². The lowest BCUT2D eigenvalue weighted by Gasteiger charge is -2.15. The maximum absolute atomic E-state index is 13.1. The number of carbonyl (C=O) groups excluding carboxylic acids is 2. The number of rotatable bonds is 14. The molecule has 212 valence electrons. The van der Waals surface area contributed by atoms with Gasteiger partial charge in [0.05, 0.1) is 12.3 Å². The van der Waals surface area contributed by atoms with Crippen LogP contribution >= 0.6 is 0 Å². The Morgan fingerprint density at radius 3 is 2.32 bits per heavy atom. The first kappa shape index (κ1) is 28.0. The highest BCUT2D eigenvalue weighted by Gasteiger charge is 2.28. The summed E-state index contributed by atoms with van der Waals surface area (Å²) in [6, 6.07) is 25.2. The van der Waals surface area contributed by atoms with Gasteiger partial charge in [-0.05, 0) is 61.9 Å². The molecule has 1 saturated carbocycles. The zero-order valence-electron chi connectivity index (χ0n) is 23.2. The number of hydrogen-bond acceptors (Lipinski definition) is 6. The third-order valence-corrected chi connectivity index (χ3v) is 6.73. The van der Waals surface area contributed by atoms with Crippen LogP contribution < -0.4 is 15.4 Å². The van der Waals surface area contributed by atoms with Crippen LogP contribution in [0, 0.1) is 0 Å². The van der Waals surface area contributed by atoms with Crippen molar-refractivity contribution in [1.82, 2.24) is 25.6 Å². The van der Waals surface area contributed by atoms with Gasteiger partial charge in [-0.3, -0.25) is 9.59 Å². The maximum atomic E-state index is 13.1. The number of amides is 2. The van der Waals surface area contributed by atoms with Gasteiger partial charge in [0.1, 0.15) is 18.0 Å². The average molecular weight is 554 g/mol. The predicted octanol–water partition coefficient (Wildman–Crippen LogP) is 4.64. The molecule has 1 heterocycles. The van der Waals surface area contributed by atoms with Crippen molar-refractivity contribution in [3.05, 3.63) is 107 Å². The lowest BCUT2D eigenvalue weighted by atomic mass is 10.1. The van der Waals surface area contributed by atoms with Crippen molar-refractivity contribution in [1.29, 1.82) is 0 Å². The SMILES string of the molecule is CCNC(=O)c1ccc(-n2nnc(C(=O)NC3CC3)c2CCCOCc2ccccc2)c(OCc2ccccc2)c1.